The highest BCUT2D eigenvalue weighted by Gasteiger charge is 2.17. The number of amides is 1. The van der Waals surface area contributed by atoms with Gasteiger partial charge in [-0.3, -0.25) is 9.80 Å². The molecule has 7 nitrogen and oxygen atoms in total. The number of nitrogens with zero attached hydrogens (tertiary/aromatic N) is 3. The summed E-state index contributed by atoms with van der Waals surface area (Å²) in [6.45, 7) is 5.93. The van der Waals surface area contributed by atoms with Crippen molar-refractivity contribution in [3.05, 3.63) is 45.8 Å². The van der Waals surface area contributed by atoms with Crippen molar-refractivity contribution in [3.8, 4) is 6.07 Å². The molecule has 0 saturated carbocycles. The van der Waals surface area contributed by atoms with E-state index >= 15 is 0 Å². The minimum atomic E-state index is -0.263. The molecule has 0 spiro atoms. The van der Waals surface area contributed by atoms with Gasteiger partial charge in [0.2, 0.25) is 11.1 Å². The first-order chi connectivity index (χ1) is 12.4. The molecule has 0 radical (unpaired) electrons. The van der Waals surface area contributed by atoms with Gasteiger partial charge in [-0.05, 0) is 43.3 Å². The molecule has 1 aromatic heterocycles. The average Bonchev–Trinajstić information content (AvgIpc) is 3.01. The fraction of sp³-hybridized carbons (Fsp3) is 0.235. The molecular formula is C17H20N6OS2. The quantitative estimate of drug-likeness (QED) is 0.320. The Hall–Kier alpha value is -2.54. The molecule has 9 heteroatoms. The van der Waals surface area contributed by atoms with Gasteiger partial charge in [-0.2, -0.15) is 10.4 Å². The van der Waals surface area contributed by atoms with Gasteiger partial charge in [-0.1, -0.05) is 29.5 Å². The van der Waals surface area contributed by atoms with Crippen LogP contribution in [0.15, 0.2) is 28.7 Å². The van der Waals surface area contributed by atoms with E-state index in [0.717, 1.165) is 34.1 Å². The van der Waals surface area contributed by atoms with E-state index in [1.807, 2.05) is 39.0 Å². The molecule has 1 amide bonds. The van der Waals surface area contributed by atoms with Crippen LogP contribution in [0.25, 0.3) is 0 Å². The van der Waals surface area contributed by atoms with E-state index in [2.05, 4.69) is 10.4 Å². The van der Waals surface area contributed by atoms with E-state index in [-0.39, 0.29) is 11.7 Å². The molecule has 0 atom stereocenters. The summed E-state index contributed by atoms with van der Waals surface area (Å²) >= 11 is 2.42. The van der Waals surface area contributed by atoms with E-state index in [9.17, 15) is 4.79 Å². The van der Waals surface area contributed by atoms with Crippen molar-refractivity contribution < 1.29 is 4.79 Å². The molecule has 0 aliphatic carbocycles. The molecule has 1 heterocycles. The number of anilines is 2. The number of carbonyl (C=O) groups is 1. The summed E-state index contributed by atoms with van der Waals surface area (Å²) in [5, 5.41) is 19.4. The number of hydrazone groups is 1. The molecule has 1 aromatic carbocycles. The Morgan fingerprint density at radius 1 is 1.38 bits per heavy atom. The van der Waals surface area contributed by atoms with Gasteiger partial charge < -0.3 is 11.2 Å². The van der Waals surface area contributed by atoms with E-state index in [1.54, 1.807) is 11.4 Å². The first-order valence-corrected chi connectivity index (χ1v) is 9.54. The molecule has 0 unspecified atom stereocenters. The minimum Gasteiger partial charge on any atom is -0.321 e. The van der Waals surface area contributed by atoms with E-state index in [0.29, 0.717) is 15.7 Å². The second-order valence-electron chi connectivity index (χ2n) is 5.64. The SMILES string of the molecule is Cc1cc(C)c(N(N)/C(=N\N)SCC(=O)Nc2sccc2C#N)c(C)c1. The van der Waals surface area contributed by atoms with Crippen molar-refractivity contribution in [2.24, 2.45) is 16.8 Å². The van der Waals surface area contributed by atoms with Gasteiger partial charge >= 0.3 is 0 Å². The highest BCUT2D eigenvalue weighted by Crippen LogP contribution is 2.27. The van der Waals surface area contributed by atoms with Crippen molar-refractivity contribution >= 4 is 44.9 Å². The molecule has 0 fully saturated rings. The van der Waals surface area contributed by atoms with Crippen molar-refractivity contribution in [3.63, 3.8) is 0 Å². The molecule has 136 valence electrons. The Morgan fingerprint density at radius 3 is 2.62 bits per heavy atom. The predicted molar refractivity (Wildman–Crippen MR) is 109 cm³/mol. The summed E-state index contributed by atoms with van der Waals surface area (Å²) in [6, 6.07) is 7.73. The number of benzene rings is 1. The lowest BCUT2D eigenvalue weighted by atomic mass is 10.1. The van der Waals surface area contributed by atoms with E-state index in [1.165, 1.54) is 16.3 Å². The molecule has 5 N–H and O–H groups in total. The third-order valence-corrected chi connectivity index (χ3v) is 5.36. The number of amidine groups is 1. The highest BCUT2D eigenvalue weighted by atomic mass is 32.2. The van der Waals surface area contributed by atoms with Crippen LogP contribution in [0.4, 0.5) is 10.7 Å². The van der Waals surface area contributed by atoms with Crippen LogP contribution in [0.3, 0.4) is 0 Å². The highest BCUT2D eigenvalue weighted by molar-refractivity contribution is 8.14. The molecule has 0 bridgehead atoms. The predicted octanol–water partition coefficient (Wildman–Crippen LogP) is 2.83. The lowest BCUT2D eigenvalue weighted by molar-refractivity contribution is -0.113. The van der Waals surface area contributed by atoms with Gasteiger partial charge in [0, 0.05) is 0 Å². The van der Waals surface area contributed by atoms with E-state index in [4.69, 9.17) is 16.9 Å². The maximum atomic E-state index is 12.1. The van der Waals surface area contributed by atoms with Crippen LogP contribution >= 0.6 is 23.1 Å². The number of hydrogen-bond donors (Lipinski definition) is 3. The minimum absolute atomic E-state index is 0.0659. The monoisotopic (exact) mass is 388 g/mol. The van der Waals surface area contributed by atoms with Crippen molar-refractivity contribution in [2.45, 2.75) is 20.8 Å². The largest absolute Gasteiger partial charge is 0.321 e. The molecule has 2 aromatic rings. The number of nitrogens with two attached hydrogens (primary N) is 2. The summed E-state index contributed by atoms with van der Waals surface area (Å²) in [7, 11) is 0. The number of carbonyl (C=O) groups excluding carboxylic acids is 1. The summed E-state index contributed by atoms with van der Waals surface area (Å²) in [5.74, 6) is 11.5. The van der Waals surface area contributed by atoms with Crippen LogP contribution in [-0.2, 0) is 4.79 Å². The Labute approximate surface area is 160 Å². The Bertz CT molecular complexity index is 861. The third-order valence-electron chi connectivity index (χ3n) is 3.56. The van der Waals surface area contributed by atoms with Gasteiger partial charge in [-0.15, -0.1) is 11.3 Å². The normalized spacial score (nSPS) is 11.1. The molecule has 2 rings (SSSR count). The number of hydrogen-bond acceptors (Lipinski definition) is 7. The summed E-state index contributed by atoms with van der Waals surface area (Å²) in [4.78, 5) is 12.1. The number of nitrogens with one attached hydrogen (secondary N) is 1. The topological polar surface area (TPSA) is 121 Å². The fourth-order valence-electron chi connectivity index (χ4n) is 2.60. The Morgan fingerprint density at radius 2 is 2.04 bits per heavy atom. The molecule has 0 saturated heterocycles. The van der Waals surface area contributed by atoms with Crippen LogP contribution in [0, 0.1) is 32.1 Å². The average molecular weight is 389 g/mol. The van der Waals surface area contributed by atoms with Gasteiger partial charge in [0.05, 0.1) is 17.0 Å². The molecule has 0 aliphatic rings. The van der Waals surface area contributed by atoms with Crippen molar-refractivity contribution in [2.75, 3.05) is 16.1 Å². The number of aryl methyl sites for hydroxylation is 3. The maximum Gasteiger partial charge on any atom is 0.235 e. The number of rotatable bonds is 4. The lowest BCUT2D eigenvalue weighted by Crippen LogP contribution is -2.38. The fourth-order valence-corrected chi connectivity index (χ4v) is 3.99. The second-order valence-corrected chi connectivity index (χ2v) is 7.50. The van der Waals surface area contributed by atoms with Gasteiger partial charge in [0.25, 0.3) is 0 Å². The summed E-state index contributed by atoms with van der Waals surface area (Å²) < 4.78 is 0. The zero-order valence-electron chi connectivity index (χ0n) is 14.7. The van der Waals surface area contributed by atoms with Gasteiger partial charge in [-0.25, -0.2) is 5.84 Å². The van der Waals surface area contributed by atoms with E-state index < -0.39 is 0 Å². The van der Waals surface area contributed by atoms with Crippen molar-refractivity contribution in [1.82, 2.24) is 0 Å². The number of thioether (sulfide) groups is 1. The number of nitriles is 1. The molecule has 26 heavy (non-hydrogen) atoms. The zero-order valence-corrected chi connectivity index (χ0v) is 16.4. The molecule has 0 aliphatic heterocycles. The van der Waals surface area contributed by atoms with Crippen LogP contribution in [0.5, 0.6) is 0 Å². The lowest BCUT2D eigenvalue weighted by Gasteiger charge is -2.23. The first kappa shape index (κ1) is 19.8. The van der Waals surface area contributed by atoms with Crippen LogP contribution < -0.4 is 22.0 Å². The Balaban J connectivity index is 2.06. The third kappa shape index (κ3) is 4.54. The van der Waals surface area contributed by atoms with Crippen molar-refractivity contribution in [1.29, 1.82) is 5.26 Å². The van der Waals surface area contributed by atoms with Gasteiger partial charge in [0.15, 0.2) is 0 Å². The first-order valence-electron chi connectivity index (χ1n) is 7.68. The second kappa shape index (κ2) is 8.71. The molecular weight excluding hydrogens is 368 g/mol. The zero-order chi connectivity index (χ0) is 19.3. The Kier molecular flexibility index (Phi) is 6.63. The summed E-state index contributed by atoms with van der Waals surface area (Å²) in [6.07, 6.45) is 0. The van der Waals surface area contributed by atoms with Crippen LogP contribution in [-0.4, -0.2) is 16.8 Å². The van der Waals surface area contributed by atoms with Crippen LogP contribution in [0.2, 0.25) is 0 Å². The summed E-state index contributed by atoms with van der Waals surface area (Å²) in [5.41, 5.74) is 4.37. The van der Waals surface area contributed by atoms with Gasteiger partial charge in [0.1, 0.15) is 11.1 Å². The van der Waals surface area contributed by atoms with Crippen LogP contribution in [0.1, 0.15) is 22.3 Å². The smallest absolute Gasteiger partial charge is 0.235 e. The maximum absolute atomic E-state index is 12.1. The number of hydrazine groups is 1. The standard InChI is InChI=1S/C17H20N6OS2/c1-10-6-11(2)15(12(3)7-10)23(20)17(22-19)26-9-14(24)21-16-13(8-18)4-5-25-16/h4-7H,9,19-20H2,1-3H3,(H,21,24)/b22-17+. The number of thiophene rings is 1.